The van der Waals surface area contributed by atoms with E-state index in [1.807, 2.05) is 48.2 Å². The van der Waals surface area contributed by atoms with Crippen LogP contribution in [0, 0.1) is 0 Å². The Bertz CT molecular complexity index is 684. The van der Waals surface area contributed by atoms with Gasteiger partial charge in [0.05, 0.1) is 25.3 Å². The SMILES string of the molecule is COc1ccccc1C(=O)N1CCOc2ccccc2C1C. The molecule has 0 N–H and O–H groups in total. The third kappa shape index (κ3) is 2.52. The van der Waals surface area contributed by atoms with Crippen LogP contribution in [0.4, 0.5) is 0 Å². The van der Waals surface area contributed by atoms with Gasteiger partial charge in [-0.05, 0) is 25.1 Å². The number of ether oxygens (including phenoxy) is 2. The summed E-state index contributed by atoms with van der Waals surface area (Å²) in [6.07, 6.45) is 0. The largest absolute Gasteiger partial charge is 0.496 e. The van der Waals surface area contributed by atoms with E-state index in [4.69, 9.17) is 9.47 Å². The van der Waals surface area contributed by atoms with E-state index in [-0.39, 0.29) is 11.9 Å². The highest BCUT2D eigenvalue weighted by molar-refractivity contribution is 5.97. The van der Waals surface area contributed by atoms with Gasteiger partial charge in [0.1, 0.15) is 18.1 Å². The van der Waals surface area contributed by atoms with Crippen LogP contribution in [0.1, 0.15) is 28.9 Å². The Balaban J connectivity index is 1.96. The predicted octanol–water partition coefficient (Wildman–Crippen LogP) is 3.29. The van der Waals surface area contributed by atoms with E-state index >= 15 is 0 Å². The number of amides is 1. The average Bonchev–Trinajstić information content (AvgIpc) is 2.74. The van der Waals surface area contributed by atoms with Gasteiger partial charge in [-0.3, -0.25) is 4.79 Å². The highest BCUT2D eigenvalue weighted by Gasteiger charge is 2.28. The molecule has 1 amide bonds. The third-order valence-electron chi connectivity index (χ3n) is 4.02. The maximum atomic E-state index is 12.9. The molecule has 0 saturated heterocycles. The maximum absolute atomic E-state index is 12.9. The van der Waals surface area contributed by atoms with Crippen LogP contribution in [0.25, 0.3) is 0 Å². The number of carbonyl (C=O) groups excluding carboxylic acids is 1. The number of nitrogens with zero attached hydrogens (tertiary/aromatic N) is 1. The fourth-order valence-corrected chi connectivity index (χ4v) is 2.83. The average molecular weight is 297 g/mol. The van der Waals surface area contributed by atoms with Gasteiger partial charge in [0.2, 0.25) is 0 Å². The molecule has 0 bridgehead atoms. The quantitative estimate of drug-likeness (QED) is 0.854. The molecule has 114 valence electrons. The summed E-state index contributed by atoms with van der Waals surface area (Å²) in [5.74, 6) is 1.41. The summed E-state index contributed by atoms with van der Waals surface area (Å²) in [6.45, 7) is 3.07. The molecule has 0 saturated carbocycles. The molecule has 1 atom stereocenters. The monoisotopic (exact) mass is 297 g/mol. The molecule has 3 rings (SSSR count). The lowest BCUT2D eigenvalue weighted by molar-refractivity contribution is 0.0678. The number of carbonyl (C=O) groups is 1. The second-order valence-corrected chi connectivity index (χ2v) is 5.26. The molecule has 4 heteroatoms. The Morgan fingerprint density at radius 2 is 1.91 bits per heavy atom. The Morgan fingerprint density at radius 1 is 1.18 bits per heavy atom. The first-order chi connectivity index (χ1) is 10.7. The number of hydrogen-bond donors (Lipinski definition) is 0. The molecular weight excluding hydrogens is 278 g/mol. The zero-order valence-corrected chi connectivity index (χ0v) is 12.8. The van der Waals surface area contributed by atoms with Crippen molar-refractivity contribution >= 4 is 5.91 Å². The number of rotatable bonds is 2. The second-order valence-electron chi connectivity index (χ2n) is 5.26. The van der Waals surface area contributed by atoms with Crippen LogP contribution in [-0.4, -0.2) is 31.1 Å². The van der Waals surface area contributed by atoms with Gasteiger partial charge < -0.3 is 14.4 Å². The van der Waals surface area contributed by atoms with E-state index in [0.29, 0.717) is 24.5 Å². The summed E-state index contributed by atoms with van der Waals surface area (Å²) in [4.78, 5) is 14.8. The molecule has 2 aromatic rings. The lowest BCUT2D eigenvalue weighted by Gasteiger charge is -2.27. The van der Waals surface area contributed by atoms with E-state index in [1.165, 1.54) is 0 Å². The molecule has 0 fully saturated rings. The minimum absolute atomic E-state index is 0.0368. The van der Waals surface area contributed by atoms with Crippen LogP contribution in [0.15, 0.2) is 48.5 Å². The molecule has 4 nitrogen and oxygen atoms in total. The Labute approximate surface area is 130 Å². The van der Waals surface area contributed by atoms with Gasteiger partial charge in [0.15, 0.2) is 0 Å². The first-order valence-corrected chi connectivity index (χ1v) is 7.38. The molecule has 2 aromatic carbocycles. The number of methoxy groups -OCH3 is 1. The maximum Gasteiger partial charge on any atom is 0.258 e. The summed E-state index contributed by atoms with van der Waals surface area (Å²) < 4.78 is 11.1. The summed E-state index contributed by atoms with van der Waals surface area (Å²) in [6, 6.07) is 15.1. The van der Waals surface area contributed by atoms with Crippen molar-refractivity contribution in [1.82, 2.24) is 4.90 Å². The van der Waals surface area contributed by atoms with Crippen LogP contribution in [0.5, 0.6) is 11.5 Å². The molecule has 0 radical (unpaired) electrons. The third-order valence-corrected chi connectivity index (χ3v) is 4.02. The Morgan fingerprint density at radius 3 is 2.73 bits per heavy atom. The fraction of sp³-hybridized carbons (Fsp3) is 0.278. The molecule has 1 unspecified atom stereocenters. The van der Waals surface area contributed by atoms with Crippen LogP contribution >= 0.6 is 0 Å². The first-order valence-electron chi connectivity index (χ1n) is 7.38. The second kappa shape index (κ2) is 6.10. The summed E-state index contributed by atoms with van der Waals surface area (Å²) in [7, 11) is 1.58. The van der Waals surface area contributed by atoms with E-state index in [9.17, 15) is 4.79 Å². The van der Waals surface area contributed by atoms with Crippen LogP contribution < -0.4 is 9.47 Å². The van der Waals surface area contributed by atoms with Gasteiger partial charge in [-0.15, -0.1) is 0 Å². The molecule has 22 heavy (non-hydrogen) atoms. The summed E-state index contributed by atoms with van der Waals surface area (Å²) in [5, 5.41) is 0. The predicted molar refractivity (Wildman–Crippen MR) is 84.4 cm³/mol. The smallest absolute Gasteiger partial charge is 0.258 e. The molecule has 0 spiro atoms. The number of fused-ring (bicyclic) bond motifs is 1. The zero-order chi connectivity index (χ0) is 15.5. The lowest BCUT2D eigenvalue weighted by atomic mass is 10.0. The zero-order valence-electron chi connectivity index (χ0n) is 12.8. The van der Waals surface area contributed by atoms with Gasteiger partial charge in [-0.2, -0.15) is 0 Å². The van der Waals surface area contributed by atoms with E-state index in [1.54, 1.807) is 19.2 Å². The molecule has 0 aromatic heterocycles. The minimum atomic E-state index is -0.0453. The van der Waals surface area contributed by atoms with E-state index in [2.05, 4.69) is 0 Å². The molecule has 1 heterocycles. The summed E-state index contributed by atoms with van der Waals surface area (Å²) >= 11 is 0. The number of para-hydroxylation sites is 2. The molecule has 1 aliphatic rings. The Hall–Kier alpha value is -2.49. The van der Waals surface area contributed by atoms with Gasteiger partial charge >= 0.3 is 0 Å². The van der Waals surface area contributed by atoms with Crippen LogP contribution in [0.2, 0.25) is 0 Å². The minimum Gasteiger partial charge on any atom is -0.496 e. The van der Waals surface area contributed by atoms with Crippen LogP contribution in [0.3, 0.4) is 0 Å². The van der Waals surface area contributed by atoms with Gasteiger partial charge in [0.25, 0.3) is 5.91 Å². The standard InChI is InChI=1S/C18H19NO3/c1-13-14-7-3-6-10-17(14)22-12-11-19(13)18(20)15-8-4-5-9-16(15)21-2/h3-10,13H,11-12H2,1-2H3. The van der Waals surface area contributed by atoms with Gasteiger partial charge in [-0.1, -0.05) is 30.3 Å². The normalized spacial score (nSPS) is 17.2. The van der Waals surface area contributed by atoms with Crippen molar-refractivity contribution < 1.29 is 14.3 Å². The number of hydrogen-bond acceptors (Lipinski definition) is 3. The van der Waals surface area contributed by atoms with Gasteiger partial charge in [0, 0.05) is 5.56 Å². The van der Waals surface area contributed by atoms with E-state index in [0.717, 1.165) is 11.3 Å². The lowest BCUT2D eigenvalue weighted by Crippen LogP contribution is -2.35. The fourth-order valence-electron chi connectivity index (χ4n) is 2.83. The van der Waals surface area contributed by atoms with Crippen molar-refractivity contribution in [2.24, 2.45) is 0 Å². The summed E-state index contributed by atoms with van der Waals surface area (Å²) in [5.41, 5.74) is 1.61. The van der Waals surface area contributed by atoms with Crippen molar-refractivity contribution in [3.63, 3.8) is 0 Å². The molecular formula is C18H19NO3. The van der Waals surface area contributed by atoms with Crippen molar-refractivity contribution in [2.75, 3.05) is 20.3 Å². The van der Waals surface area contributed by atoms with E-state index < -0.39 is 0 Å². The van der Waals surface area contributed by atoms with Crippen molar-refractivity contribution in [2.45, 2.75) is 13.0 Å². The van der Waals surface area contributed by atoms with Crippen LogP contribution in [-0.2, 0) is 0 Å². The highest BCUT2D eigenvalue weighted by atomic mass is 16.5. The molecule has 0 aliphatic carbocycles. The van der Waals surface area contributed by atoms with Gasteiger partial charge in [-0.25, -0.2) is 0 Å². The highest BCUT2D eigenvalue weighted by Crippen LogP contribution is 2.33. The topological polar surface area (TPSA) is 38.8 Å². The Kier molecular flexibility index (Phi) is 4.00. The van der Waals surface area contributed by atoms with Crippen molar-refractivity contribution in [3.05, 3.63) is 59.7 Å². The van der Waals surface area contributed by atoms with Crippen molar-refractivity contribution in [3.8, 4) is 11.5 Å². The molecule has 1 aliphatic heterocycles. The first kappa shape index (κ1) is 14.4. The van der Waals surface area contributed by atoms with Crippen molar-refractivity contribution in [1.29, 1.82) is 0 Å². The number of benzene rings is 2.